The van der Waals surface area contributed by atoms with Crippen LogP contribution in [0.3, 0.4) is 0 Å². The quantitative estimate of drug-likeness (QED) is 0.658. The molecule has 1 fully saturated rings. The summed E-state index contributed by atoms with van der Waals surface area (Å²) in [7, 11) is 0. The molecule has 5 nitrogen and oxygen atoms in total. The van der Waals surface area contributed by atoms with Crippen molar-refractivity contribution < 1.29 is 23.2 Å². The average molecular weight is 409 g/mol. The standard InChI is InChI=1S/C24H25FN2O3/c1-17-6-8-18(9-7-17)21(16-27-12-14-29-15-13-27)26-24(28)23-11-10-22(30-23)19-4-2-3-5-20(19)25/h2-11,21H,12-16H2,1H3,(H,26,28)/p+1/t21-/m1/s1. The third-order valence-corrected chi connectivity index (χ3v) is 5.45. The second-order valence-corrected chi connectivity index (χ2v) is 7.65. The number of hydrogen-bond donors (Lipinski definition) is 2. The van der Waals surface area contributed by atoms with Crippen LogP contribution in [0, 0.1) is 12.7 Å². The number of amides is 1. The van der Waals surface area contributed by atoms with Crippen molar-refractivity contribution in [2.24, 2.45) is 0 Å². The maximum absolute atomic E-state index is 14.0. The molecule has 0 radical (unpaired) electrons. The second-order valence-electron chi connectivity index (χ2n) is 7.65. The predicted octanol–water partition coefficient (Wildman–Crippen LogP) is 2.78. The smallest absolute Gasteiger partial charge is 0.287 e. The summed E-state index contributed by atoms with van der Waals surface area (Å²) in [6.07, 6.45) is 0. The van der Waals surface area contributed by atoms with Crippen molar-refractivity contribution >= 4 is 5.91 Å². The molecule has 156 valence electrons. The lowest BCUT2D eigenvalue weighted by atomic mass is 10.0. The number of nitrogens with one attached hydrogen (secondary N) is 2. The molecular weight excluding hydrogens is 383 g/mol. The zero-order valence-electron chi connectivity index (χ0n) is 17.0. The van der Waals surface area contributed by atoms with E-state index in [1.807, 2.05) is 31.2 Å². The minimum absolute atomic E-state index is 0.159. The van der Waals surface area contributed by atoms with Gasteiger partial charge >= 0.3 is 0 Å². The van der Waals surface area contributed by atoms with E-state index in [9.17, 15) is 9.18 Å². The number of morpholine rings is 1. The van der Waals surface area contributed by atoms with Crippen LogP contribution in [0.2, 0.25) is 0 Å². The van der Waals surface area contributed by atoms with Gasteiger partial charge in [-0.15, -0.1) is 0 Å². The van der Waals surface area contributed by atoms with Gasteiger partial charge < -0.3 is 19.4 Å². The van der Waals surface area contributed by atoms with E-state index in [0.717, 1.165) is 38.4 Å². The fraction of sp³-hybridized carbons (Fsp3) is 0.292. The van der Waals surface area contributed by atoms with E-state index in [1.165, 1.54) is 16.5 Å². The van der Waals surface area contributed by atoms with Crippen LogP contribution in [0.5, 0.6) is 0 Å². The number of carbonyl (C=O) groups excluding carboxylic acids is 1. The first-order chi connectivity index (χ1) is 14.6. The number of ether oxygens (including phenoxy) is 1. The molecule has 0 unspecified atom stereocenters. The van der Waals surface area contributed by atoms with Crippen molar-refractivity contribution in [1.82, 2.24) is 5.32 Å². The van der Waals surface area contributed by atoms with Gasteiger partial charge in [0.2, 0.25) is 0 Å². The van der Waals surface area contributed by atoms with Crippen LogP contribution in [0.4, 0.5) is 4.39 Å². The Kier molecular flexibility index (Phi) is 6.26. The molecule has 2 aromatic carbocycles. The van der Waals surface area contributed by atoms with E-state index in [1.54, 1.807) is 30.3 Å². The van der Waals surface area contributed by atoms with Crippen LogP contribution in [0.15, 0.2) is 65.1 Å². The fourth-order valence-electron chi connectivity index (χ4n) is 3.70. The van der Waals surface area contributed by atoms with Crippen molar-refractivity contribution in [3.63, 3.8) is 0 Å². The predicted molar refractivity (Wildman–Crippen MR) is 112 cm³/mol. The Hall–Kier alpha value is -2.96. The molecule has 0 bridgehead atoms. The highest BCUT2D eigenvalue weighted by molar-refractivity contribution is 5.92. The normalized spacial score (nSPS) is 15.7. The van der Waals surface area contributed by atoms with Gasteiger partial charge in [0, 0.05) is 0 Å². The zero-order chi connectivity index (χ0) is 20.9. The van der Waals surface area contributed by atoms with Crippen molar-refractivity contribution in [1.29, 1.82) is 0 Å². The lowest BCUT2D eigenvalue weighted by molar-refractivity contribution is -0.909. The molecule has 1 aromatic heterocycles. The van der Waals surface area contributed by atoms with Gasteiger partial charge in [-0.1, -0.05) is 42.0 Å². The van der Waals surface area contributed by atoms with Crippen LogP contribution in [0.1, 0.15) is 27.7 Å². The SMILES string of the molecule is Cc1ccc([C@@H](C[NH+]2CCOCC2)NC(=O)c2ccc(-c3ccccc3F)o2)cc1. The molecule has 0 saturated carbocycles. The Morgan fingerprint density at radius 1 is 1.07 bits per heavy atom. The minimum atomic E-state index is -0.382. The first-order valence-corrected chi connectivity index (χ1v) is 10.2. The summed E-state index contributed by atoms with van der Waals surface area (Å²) < 4.78 is 25.2. The van der Waals surface area contributed by atoms with E-state index in [2.05, 4.69) is 5.32 Å². The van der Waals surface area contributed by atoms with Crippen molar-refractivity contribution in [2.45, 2.75) is 13.0 Å². The highest BCUT2D eigenvalue weighted by Gasteiger charge is 2.25. The van der Waals surface area contributed by atoms with Gasteiger partial charge in [0.05, 0.1) is 18.8 Å². The van der Waals surface area contributed by atoms with Gasteiger partial charge in [0.25, 0.3) is 5.91 Å². The Labute approximate surface area is 175 Å². The summed E-state index contributed by atoms with van der Waals surface area (Å²) >= 11 is 0. The summed E-state index contributed by atoms with van der Waals surface area (Å²) in [6.45, 7) is 6.09. The second kappa shape index (κ2) is 9.24. The van der Waals surface area contributed by atoms with E-state index in [4.69, 9.17) is 9.15 Å². The van der Waals surface area contributed by atoms with Gasteiger partial charge in [-0.2, -0.15) is 0 Å². The molecule has 2 heterocycles. The lowest BCUT2D eigenvalue weighted by Crippen LogP contribution is -3.14. The number of rotatable bonds is 6. The number of furan rings is 1. The maximum atomic E-state index is 14.0. The third-order valence-electron chi connectivity index (χ3n) is 5.45. The maximum Gasteiger partial charge on any atom is 0.287 e. The summed E-state index contributed by atoms with van der Waals surface area (Å²) in [5.41, 5.74) is 2.56. The molecule has 0 spiro atoms. The van der Waals surface area contributed by atoms with Crippen LogP contribution in [-0.2, 0) is 4.74 Å². The summed E-state index contributed by atoms with van der Waals surface area (Å²) in [5.74, 6) is -0.186. The van der Waals surface area contributed by atoms with Gasteiger partial charge in [0.15, 0.2) is 5.76 Å². The molecule has 1 aliphatic heterocycles. The monoisotopic (exact) mass is 409 g/mol. The van der Waals surface area contributed by atoms with Crippen LogP contribution < -0.4 is 10.2 Å². The molecule has 0 aliphatic carbocycles. The molecule has 6 heteroatoms. The first-order valence-electron chi connectivity index (χ1n) is 10.2. The van der Waals surface area contributed by atoms with Crippen LogP contribution in [0.25, 0.3) is 11.3 Å². The highest BCUT2D eigenvalue weighted by atomic mass is 19.1. The molecule has 30 heavy (non-hydrogen) atoms. The van der Waals surface area contributed by atoms with E-state index >= 15 is 0 Å². The first kappa shape index (κ1) is 20.3. The van der Waals surface area contributed by atoms with Crippen molar-refractivity contribution in [3.05, 3.63) is 83.4 Å². The average Bonchev–Trinajstić information content (AvgIpc) is 3.25. The molecular formula is C24H26FN2O3+. The molecule has 1 aliphatic rings. The Morgan fingerprint density at radius 3 is 2.53 bits per heavy atom. The van der Waals surface area contributed by atoms with Gasteiger partial charge in [-0.25, -0.2) is 4.39 Å². The molecule has 3 aromatic rings. The summed E-state index contributed by atoms with van der Waals surface area (Å²) in [5, 5.41) is 3.11. The Balaban J connectivity index is 1.52. The van der Waals surface area contributed by atoms with Crippen molar-refractivity contribution in [2.75, 3.05) is 32.8 Å². The largest absolute Gasteiger partial charge is 0.451 e. The number of halogens is 1. The topological polar surface area (TPSA) is 55.9 Å². The highest BCUT2D eigenvalue weighted by Crippen LogP contribution is 2.25. The van der Waals surface area contributed by atoms with E-state index < -0.39 is 0 Å². The zero-order valence-corrected chi connectivity index (χ0v) is 17.0. The third kappa shape index (κ3) is 4.78. The summed E-state index contributed by atoms with van der Waals surface area (Å²) in [6, 6.07) is 17.6. The number of aryl methyl sites for hydroxylation is 1. The lowest BCUT2D eigenvalue weighted by Gasteiger charge is -2.28. The molecule has 4 rings (SSSR count). The number of carbonyl (C=O) groups is 1. The van der Waals surface area contributed by atoms with E-state index in [0.29, 0.717) is 11.3 Å². The Bertz CT molecular complexity index is 994. The molecule has 1 amide bonds. The van der Waals surface area contributed by atoms with Gasteiger partial charge in [-0.05, 0) is 36.8 Å². The number of benzene rings is 2. The van der Waals surface area contributed by atoms with Gasteiger partial charge in [0.1, 0.15) is 37.3 Å². The number of hydrogen-bond acceptors (Lipinski definition) is 3. The molecule has 2 N–H and O–H groups in total. The van der Waals surface area contributed by atoms with Crippen LogP contribution in [-0.4, -0.2) is 38.8 Å². The molecule has 1 saturated heterocycles. The Morgan fingerprint density at radius 2 is 1.80 bits per heavy atom. The van der Waals surface area contributed by atoms with Crippen LogP contribution >= 0.6 is 0 Å². The fourth-order valence-corrected chi connectivity index (χ4v) is 3.70. The van der Waals surface area contributed by atoms with E-state index in [-0.39, 0.29) is 23.5 Å². The minimum Gasteiger partial charge on any atom is -0.451 e. The molecule has 1 atom stereocenters. The van der Waals surface area contributed by atoms with Crippen molar-refractivity contribution in [3.8, 4) is 11.3 Å². The number of quaternary nitrogens is 1. The van der Waals surface area contributed by atoms with Gasteiger partial charge in [-0.3, -0.25) is 4.79 Å². The summed E-state index contributed by atoms with van der Waals surface area (Å²) in [4.78, 5) is 14.3.